The molecule has 0 spiro atoms. The number of fused-ring (bicyclic) bond motifs is 1. The van der Waals surface area contributed by atoms with Crippen molar-refractivity contribution in [1.82, 2.24) is 25.4 Å². The average molecular weight is 426 g/mol. The van der Waals surface area contributed by atoms with Crippen molar-refractivity contribution in [3.8, 4) is 0 Å². The van der Waals surface area contributed by atoms with Crippen LogP contribution in [0.5, 0.6) is 0 Å². The molecule has 0 bridgehead atoms. The Morgan fingerprint density at radius 1 is 1.26 bits per heavy atom. The molecule has 1 aromatic heterocycles. The van der Waals surface area contributed by atoms with E-state index in [-0.39, 0.29) is 24.3 Å². The lowest BCUT2D eigenvalue weighted by Crippen LogP contribution is -2.40. The summed E-state index contributed by atoms with van der Waals surface area (Å²) in [5, 5.41) is 6.82. The van der Waals surface area contributed by atoms with Crippen LogP contribution in [0.2, 0.25) is 0 Å². The van der Waals surface area contributed by atoms with Gasteiger partial charge in [0.1, 0.15) is 6.04 Å². The molecule has 8 heteroatoms. The minimum Gasteiger partial charge on any atom is -0.361 e. The number of amides is 4. The first-order chi connectivity index (χ1) is 15.1. The molecule has 2 fully saturated rings. The summed E-state index contributed by atoms with van der Waals surface area (Å²) < 4.78 is 0. The van der Waals surface area contributed by atoms with Gasteiger partial charge in [0.15, 0.2) is 0 Å². The molecule has 1 aromatic carbocycles. The van der Waals surface area contributed by atoms with Gasteiger partial charge in [-0.15, -0.1) is 0 Å². The molecule has 0 aliphatic carbocycles. The third-order valence-electron chi connectivity index (χ3n) is 6.49. The van der Waals surface area contributed by atoms with Gasteiger partial charge < -0.3 is 15.6 Å². The van der Waals surface area contributed by atoms with Gasteiger partial charge in [-0.3, -0.25) is 19.4 Å². The number of H-pyrrole nitrogens is 1. The van der Waals surface area contributed by atoms with Crippen molar-refractivity contribution in [2.24, 2.45) is 0 Å². The largest absolute Gasteiger partial charge is 0.361 e. The van der Waals surface area contributed by atoms with Crippen molar-refractivity contribution >= 4 is 28.7 Å². The Labute approximate surface area is 182 Å². The van der Waals surface area contributed by atoms with Crippen molar-refractivity contribution in [3.63, 3.8) is 0 Å². The van der Waals surface area contributed by atoms with Crippen LogP contribution in [0.3, 0.4) is 0 Å². The molecule has 8 nitrogen and oxygen atoms in total. The van der Waals surface area contributed by atoms with Crippen LogP contribution in [0.4, 0.5) is 4.79 Å². The summed E-state index contributed by atoms with van der Waals surface area (Å²) >= 11 is 0. The van der Waals surface area contributed by atoms with Crippen LogP contribution in [0.25, 0.3) is 10.9 Å². The molecule has 166 valence electrons. The summed E-state index contributed by atoms with van der Waals surface area (Å²) in [5.41, 5.74) is 2.12. The van der Waals surface area contributed by atoms with Crippen LogP contribution in [0.15, 0.2) is 30.5 Å². The lowest BCUT2D eigenvalue weighted by molar-refractivity contribution is -0.127. The summed E-state index contributed by atoms with van der Waals surface area (Å²) in [4.78, 5) is 44.1. The number of carbonyl (C=O) groups is 3. The quantitative estimate of drug-likeness (QED) is 0.536. The fourth-order valence-electron chi connectivity index (χ4n) is 4.69. The Morgan fingerprint density at radius 3 is 2.94 bits per heavy atom. The van der Waals surface area contributed by atoms with E-state index in [0.29, 0.717) is 32.0 Å². The molecule has 2 atom stereocenters. The summed E-state index contributed by atoms with van der Waals surface area (Å²) in [6.07, 6.45) is 5.34. The van der Waals surface area contributed by atoms with Crippen molar-refractivity contribution in [3.05, 3.63) is 36.0 Å². The molecule has 2 aliphatic rings. The molecule has 2 aromatic rings. The normalized spacial score (nSPS) is 21.8. The third-order valence-corrected chi connectivity index (χ3v) is 6.49. The molecule has 4 amide bonds. The van der Waals surface area contributed by atoms with E-state index in [1.165, 1.54) is 11.3 Å². The van der Waals surface area contributed by atoms with Crippen molar-refractivity contribution in [1.29, 1.82) is 0 Å². The third kappa shape index (κ3) is 4.74. The van der Waals surface area contributed by atoms with Crippen LogP contribution in [0, 0.1) is 0 Å². The van der Waals surface area contributed by atoms with E-state index in [1.54, 1.807) is 0 Å². The number of rotatable bonds is 9. The number of benzene rings is 1. The smallest absolute Gasteiger partial charge is 0.324 e. The number of nitrogens with zero attached hydrogens (tertiary/aromatic N) is 2. The second-order valence-electron chi connectivity index (χ2n) is 8.37. The van der Waals surface area contributed by atoms with E-state index >= 15 is 0 Å². The molecule has 0 saturated carbocycles. The van der Waals surface area contributed by atoms with Gasteiger partial charge in [0.05, 0.1) is 0 Å². The first-order valence-corrected chi connectivity index (χ1v) is 11.2. The van der Waals surface area contributed by atoms with E-state index in [4.69, 9.17) is 0 Å². The van der Waals surface area contributed by atoms with Gasteiger partial charge >= 0.3 is 6.03 Å². The molecular formula is C23H31N5O3. The maximum absolute atomic E-state index is 12.7. The summed E-state index contributed by atoms with van der Waals surface area (Å²) in [6, 6.07) is 7.37. The molecule has 4 rings (SSSR count). The molecule has 3 heterocycles. The minimum absolute atomic E-state index is 0.0674. The molecule has 3 N–H and O–H groups in total. The lowest BCUT2D eigenvalue weighted by atomic mass is 10.1. The van der Waals surface area contributed by atoms with Crippen LogP contribution >= 0.6 is 0 Å². The lowest BCUT2D eigenvalue weighted by Gasteiger charge is -2.22. The number of likely N-dealkylation sites (N-methyl/N-ethyl adjacent to an activating group) is 1. The van der Waals surface area contributed by atoms with Gasteiger partial charge in [-0.05, 0) is 50.4 Å². The number of hydrogen-bond acceptors (Lipinski definition) is 4. The Balaban J connectivity index is 1.24. The monoisotopic (exact) mass is 425 g/mol. The van der Waals surface area contributed by atoms with Gasteiger partial charge in [-0.1, -0.05) is 25.1 Å². The second kappa shape index (κ2) is 9.51. The van der Waals surface area contributed by atoms with E-state index in [1.807, 2.05) is 30.5 Å². The van der Waals surface area contributed by atoms with Crippen LogP contribution in [0.1, 0.15) is 38.2 Å². The number of urea groups is 1. The Bertz CT molecular complexity index is 956. The van der Waals surface area contributed by atoms with Gasteiger partial charge in [-0.25, -0.2) is 4.79 Å². The maximum atomic E-state index is 12.7. The van der Waals surface area contributed by atoms with Crippen LogP contribution in [-0.4, -0.2) is 70.9 Å². The van der Waals surface area contributed by atoms with Crippen LogP contribution in [-0.2, 0) is 16.0 Å². The minimum atomic E-state index is -0.625. The summed E-state index contributed by atoms with van der Waals surface area (Å²) in [5.74, 6) is -0.312. The van der Waals surface area contributed by atoms with E-state index in [9.17, 15) is 14.4 Å². The fourth-order valence-corrected chi connectivity index (χ4v) is 4.69. The number of aromatic nitrogens is 1. The van der Waals surface area contributed by atoms with Gasteiger partial charge in [-0.2, -0.15) is 0 Å². The van der Waals surface area contributed by atoms with Crippen molar-refractivity contribution < 1.29 is 14.4 Å². The average Bonchev–Trinajstić information content (AvgIpc) is 3.47. The highest BCUT2D eigenvalue weighted by Crippen LogP contribution is 2.20. The molecule has 2 unspecified atom stereocenters. The van der Waals surface area contributed by atoms with E-state index in [0.717, 1.165) is 36.0 Å². The molecule has 2 saturated heterocycles. The topological polar surface area (TPSA) is 97.5 Å². The maximum Gasteiger partial charge on any atom is 0.324 e. The molecular weight excluding hydrogens is 394 g/mol. The number of aromatic amines is 1. The van der Waals surface area contributed by atoms with Gasteiger partial charge in [0.25, 0.3) is 5.91 Å². The number of likely N-dealkylation sites (tertiary alicyclic amines) is 1. The standard InChI is InChI=1S/C23H31N5O3/c1-2-27-12-5-6-17(27)15-25-21(29)10-9-20-22(30)28(23(31)26-20)13-11-16-14-24-19-8-4-3-7-18(16)19/h3-4,7-8,14,17,20,24H,2,5-6,9-13,15H2,1H3,(H,25,29)(H,26,31). The number of hydrogen-bond donors (Lipinski definition) is 3. The predicted octanol–water partition coefficient (Wildman–Crippen LogP) is 2.01. The van der Waals surface area contributed by atoms with Gasteiger partial charge in [0, 0.05) is 42.7 Å². The van der Waals surface area contributed by atoms with E-state index in [2.05, 4.69) is 27.4 Å². The number of para-hydroxylation sites is 1. The predicted molar refractivity (Wildman–Crippen MR) is 119 cm³/mol. The van der Waals surface area contributed by atoms with Crippen LogP contribution < -0.4 is 10.6 Å². The highest BCUT2D eigenvalue weighted by atomic mass is 16.2. The van der Waals surface area contributed by atoms with E-state index < -0.39 is 6.04 Å². The Hall–Kier alpha value is -2.87. The zero-order valence-electron chi connectivity index (χ0n) is 18.0. The second-order valence-corrected chi connectivity index (χ2v) is 8.37. The first kappa shape index (κ1) is 21.4. The molecule has 2 aliphatic heterocycles. The van der Waals surface area contributed by atoms with Gasteiger partial charge in [0.2, 0.25) is 5.91 Å². The number of imide groups is 1. The summed E-state index contributed by atoms with van der Waals surface area (Å²) in [7, 11) is 0. The SMILES string of the molecule is CCN1CCCC1CNC(=O)CCC1NC(=O)N(CCc2c[nH]c3ccccc23)C1=O. The van der Waals surface area contributed by atoms with Crippen molar-refractivity contribution in [2.45, 2.75) is 51.1 Å². The van der Waals surface area contributed by atoms with Crippen molar-refractivity contribution in [2.75, 3.05) is 26.2 Å². The Morgan fingerprint density at radius 2 is 2.10 bits per heavy atom. The highest BCUT2D eigenvalue weighted by molar-refractivity contribution is 6.04. The Kier molecular flexibility index (Phi) is 6.56. The zero-order chi connectivity index (χ0) is 21.8. The fraction of sp³-hybridized carbons (Fsp3) is 0.522. The number of nitrogens with one attached hydrogen (secondary N) is 3. The zero-order valence-corrected chi connectivity index (χ0v) is 18.0. The number of carbonyl (C=O) groups excluding carboxylic acids is 3. The molecule has 31 heavy (non-hydrogen) atoms. The summed E-state index contributed by atoms with van der Waals surface area (Å²) in [6.45, 7) is 5.20. The highest BCUT2D eigenvalue weighted by Gasteiger charge is 2.37. The first-order valence-electron chi connectivity index (χ1n) is 11.2. The molecule has 0 radical (unpaired) electrons.